The third-order valence-corrected chi connectivity index (χ3v) is 2.48. The SMILES string of the molecule is CC(=O)n1cc(CC(=O)O)c2ccccc21. The molecule has 1 aromatic heterocycles. The van der Waals surface area contributed by atoms with E-state index >= 15 is 0 Å². The second kappa shape index (κ2) is 3.81. The molecule has 0 unspecified atom stereocenters. The average molecular weight is 217 g/mol. The molecule has 4 nitrogen and oxygen atoms in total. The number of carboxylic acid groups (broad SMARTS) is 1. The molecule has 0 saturated carbocycles. The Morgan fingerprint density at radius 3 is 2.62 bits per heavy atom. The van der Waals surface area contributed by atoms with Crippen molar-refractivity contribution in [2.75, 3.05) is 0 Å². The highest BCUT2D eigenvalue weighted by atomic mass is 16.4. The summed E-state index contributed by atoms with van der Waals surface area (Å²) in [6.07, 6.45) is 1.53. The number of hydrogen-bond acceptors (Lipinski definition) is 2. The van der Waals surface area contributed by atoms with E-state index in [4.69, 9.17) is 5.11 Å². The highest BCUT2D eigenvalue weighted by Crippen LogP contribution is 2.21. The maximum Gasteiger partial charge on any atom is 0.307 e. The number of aliphatic carboxylic acids is 1. The van der Waals surface area contributed by atoms with Crippen LogP contribution in [0.4, 0.5) is 0 Å². The number of nitrogens with zero attached hydrogens (tertiary/aromatic N) is 1. The Morgan fingerprint density at radius 1 is 1.31 bits per heavy atom. The maximum absolute atomic E-state index is 11.4. The molecule has 0 aliphatic carbocycles. The number of para-hydroxylation sites is 1. The lowest BCUT2D eigenvalue weighted by molar-refractivity contribution is -0.136. The first-order chi connectivity index (χ1) is 7.59. The van der Waals surface area contributed by atoms with Gasteiger partial charge in [-0.25, -0.2) is 0 Å². The van der Waals surface area contributed by atoms with E-state index in [1.165, 1.54) is 11.5 Å². The van der Waals surface area contributed by atoms with Gasteiger partial charge < -0.3 is 5.11 Å². The smallest absolute Gasteiger partial charge is 0.307 e. The lowest BCUT2D eigenvalue weighted by Crippen LogP contribution is -2.03. The maximum atomic E-state index is 11.4. The van der Waals surface area contributed by atoms with Crippen LogP contribution in [0.3, 0.4) is 0 Å². The Hall–Kier alpha value is -2.10. The Bertz CT molecular complexity index is 569. The molecule has 1 aromatic carbocycles. The Labute approximate surface area is 92.1 Å². The molecule has 0 atom stereocenters. The number of hydrogen-bond donors (Lipinski definition) is 1. The van der Waals surface area contributed by atoms with Crippen molar-refractivity contribution >= 4 is 22.8 Å². The van der Waals surface area contributed by atoms with Crippen molar-refractivity contribution in [3.8, 4) is 0 Å². The third-order valence-electron chi connectivity index (χ3n) is 2.48. The molecule has 1 N–H and O–H groups in total. The normalized spacial score (nSPS) is 10.6. The quantitative estimate of drug-likeness (QED) is 0.836. The van der Waals surface area contributed by atoms with Gasteiger partial charge in [-0.1, -0.05) is 18.2 Å². The van der Waals surface area contributed by atoms with Gasteiger partial charge in [-0.2, -0.15) is 0 Å². The van der Waals surface area contributed by atoms with Gasteiger partial charge in [0.25, 0.3) is 0 Å². The van der Waals surface area contributed by atoms with Gasteiger partial charge in [0.1, 0.15) is 0 Å². The molecular formula is C12H11NO3. The number of fused-ring (bicyclic) bond motifs is 1. The van der Waals surface area contributed by atoms with Crippen LogP contribution in [-0.4, -0.2) is 21.6 Å². The second-order valence-electron chi connectivity index (χ2n) is 3.63. The average Bonchev–Trinajstić information content (AvgIpc) is 2.57. The van der Waals surface area contributed by atoms with E-state index in [-0.39, 0.29) is 12.3 Å². The summed E-state index contributed by atoms with van der Waals surface area (Å²) in [6, 6.07) is 7.29. The summed E-state index contributed by atoms with van der Waals surface area (Å²) in [5, 5.41) is 9.60. The summed E-state index contributed by atoms with van der Waals surface area (Å²) < 4.78 is 1.48. The molecule has 0 fully saturated rings. The Kier molecular flexibility index (Phi) is 2.48. The van der Waals surface area contributed by atoms with E-state index in [2.05, 4.69) is 0 Å². The minimum absolute atomic E-state index is 0.0687. The van der Waals surface area contributed by atoms with Crippen molar-refractivity contribution in [3.63, 3.8) is 0 Å². The summed E-state index contributed by atoms with van der Waals surface area (Å²) in [4.78, 5) is 22.1. The van der Waals surface area contributed by atoms with E-state index in [1.807, 2.05) is 24.3 Å². The molecule has 0 spiro atoms. The fourth-order valence-corrected chi connectivity index (χ4v) is 1.81. The van der Waals surface area contributed by atoms with Crippen LogP contribution in [0, 0.1) is 0 Å². The highest BCUT2D eigenvalue weighted by Gasteiger charge is 2.12. The Balaban J connectivity index is 2.66. The molecule has 0 aliphatic rings. The third kappa shape index (κ3) is 1.69. The minimum Gasteiger partial charge on any atom is -0.481 e. The van der Waals surface area contributed by atoms with Crippen molar-refractivity contribution < 1.29 is 14.7 Å². The highest BCUT2D eigenvalue weighted by molar-refractivity contribution is 5.95. The number of carbonyl (C=O) groups is 2. The number of rotatable bonds is 2. The molecule has 0 amide bonds. The molecule has 0 bridgehead atoms. The van der Waals surface area contributed by atoms with Gasteiger partial charge in [-0.05, 0) is 11.6 Å². The topological polar surface area (TPSA) is 59.3 Å². The zero-order valence-electron chi connectivity index (χ0n) is 8.80. The van der Waals surface area contributed by atoms with E-state index < -0.39 is 5.97 Å². The van der Waals surface area contributed by atoms with Gasteiger partial charge >= 0.3 is 5.97 Å². The van der Waals surface area contributed by atoms with E-state index in [0.29, 0.717) is 5.56 Å². The predicted molar refractivity (Wildman–Crippen MR) is 59.6 cm³/mol. The molecule has 82 valence electrons. The van der Waals surface area contributed by atoms with Crippen LogP contribution in [-0.2, 0) is 11.2 Å². The monoisotopic (exact) mass is 217 g/mol. The lowest BCUT2D eigenvalue weighted by Gasteiger charge is -1.97. The van der Waals surface area contributed by atoms with E-state index in [1.54, 1.807) is 6.20 Å². The van der Waals surface area contributed by atoms with Crippen LogP contribution >= 0.6 is 0 Å². The summed E-state index contributed by atoms with van der Waals surface area (Å²) in [5.41, 5.74) is 1.42. The van der Waals surface area contributed by atoms with Crippen LogP contribution in [0.25, 0.3) is 10.9 Å². The fourth-order valence-electron chi connectivity index (χ4n) is 1.81. The number of carbonyl (C=O) groups excluding carboxylic acids is 1. The van der Waals surface area contributed by atoms with Crippen LogP contribution in [0.15, 0.2) is 30.5 Å². The summed E-state index contributed by atoms with van der Waals surface area (Å²) in [5.74, 6) is -1.01. The summed E-state index contributed by atoms with van der Waals surface area (Å²) in [6.45, 7) is 1.46. The van der Waals surface area contributed by atoms with Crippen molar-refractivity contribution in [1.82, 2.24) is 4.57 Å². The molecule has 2 aromatic rings. The predicted octanol–water partition coefficient (Wildman–Crippen LogP) is 1.93. The van der Waals surface area contributed by atoms with E-state index in [0.717, 1.165) is 10.9 Å². The first-order valence-electron chi connectivity index (χ1n) is 4.91. The van der Waals surface area contributed by atoms with Crippen molar-refractivity contribution in [2.24, 2.45) is 0 Å². The van der Waals surface area contributed by atoms with Crippen molar-refractivity contribution in [2.45, 2.75) is 13.3 Å². The minimum atomic E-state index is -0.897. The van der Waals surface area contributed by atoms with Gasteiger partial charge in [0.15, 0.2) is 0 Å². The zero-order chi connectivity index (χ0) is 11.7. The molecule has 1 heterocycles. The molecule has 4 heteroatoms. The standard InChI is InChI=1S/C12H11NO3/c1-8(14)13-7-9(6-12(15)16)10-4-2-3-5-11(10)13/h2-5,7H,6H2,1H3,(H,15,16). The van der Waals surface area contributed by atoms with Crippen LogP contribution in [0.2, 0.25) is 0 Å². The van der Waals surface area contributed by atoms with Gasteiger partial charge in [0.05, 0.1) is 11.9 Å². The van der Waals surface area contributed by atoms with Crippen LogP contribution < -0.4 is 0 Å². The van der Waals surface area contributed by atoms with E-state index in [9.17, 15) is 9.59 Å². The van der Waals surface area contributed by atoms with Crippen LogP contribution in [0.1, 0.15) is 17.3 Å². The largest absolute Gasteiger partial charge is 0.481 e. The molecule has 0 aliphatic heterocycles. The number of aromatic nitrogens is 1. The van der Waals surface area contributed by atoms with Gasteiger partial charge in [0, 0.05) is 18.5 Å². The zero-order valence-corrected chi connectivity index (χ0v) is 8.80. The first-order valence-corrected chi connectivity index (χ1v) is 4.91. The Morgan fingerprint density at radius 2 is 2.00 bits per heavy atom. The molecule has 2 rings (SSSR count). The summed E-state index contributed by atoms with van der Waals surface area (Å²) in [7, 11) is 0. The number of carboxylic acids is 1. The summed E-state index contributed by atoms with van der Waals surface area (Å²) >= 11 is 0. The lowest BCUT2D eigenvalue weighted by atomic mass is 10.1. The van der Waals surface area contributed by atoms with Gasteiger partial charge in [-0.3, -0.25) is 14.2 Å². The first kappa shape index (κ1) is 10.4. The van der Waals surface area contributed by atoms with Crippen molar-refractivity contribution in [3.05, 3.63) is 36.0 Å². The molecule has 0 saturated heterocycles. The second-order valence-corrected chi connectivity index (χ2v) is 3.63. The van der Waals surface area contributed by atoms with Crippen LogP contribution in [0.5, 0.6) is 0 Å². The molecular weight excluding hydrogens is 206 g/mol. The number of benzene rings is 1. The molecule has 16 heavy (non-hydrogen) atoms. The van der Waals surface area contributed by atoms with Gasteiger partial charge in [-0.15, -0.1) is 0 Å². The van der Waals surface area contributed by atoms with Crippen molar-refractivity contribution in [1.29, 1.82) is 0 Å². The van der Waals surface area contributed by atoms with Gasteiger partial charge in [0.2, 0.25) is 5.91 Å². The molecule has 0 radical (unpaired) electrons. The fraction of sp³-hybridized carbons (Fsp3) is 0.167.